The molecule has 4 nitrogen and oxygen atoms in total. The van der Waals surface area contributed by atoms with E-state index in [-0.39, 0.29) is 11.3 Å². The molecule has 3 aromatic rings. The van der Waals surface area contributed by atoms with Crippen LogP contribution >= 0.6 is 0 Å². The average molecular weight is 463 g/mol. The summed E-state index contributed by atoms with van der Waals surface area (Å²) in [5.41, 5.74) is 6.00. The normalized spacial score (nSPS) is 18.9. The first kappa shape index (κ1) is 23.5. The van der Waals surface area contributed by atoms with Crippen molar-refractivity contribution in [2.75, 3.05) is 11.9 Å². The molecule has 0 amide bonds. The van der Waals surface area contributed by atoms with Crippen molar-refractivity contribution in [1.82, 2.24) is 4.72 Å². The molecular weight excluding hydrogens is 428 g/mol. The molecule has 0 spiro atoms. The fourth-order valence-electron chi connectivity index (χ4n) is 4.38. The van der Waals surface area contributed by atoms with Crippen molar-refractivity contribution in [2.45, 2.75) is 50.8 Å². The zero-order valence-corrected chi connectivity index (χ0v) is 20.3. The third kappa shape index (κ3) is 6.24. The van der Waals surface area contributed by atoms with Crippen LogP contribution < -0.4 is 10.0 Å². The SMILES string of the molecule is CC(C)S(=O)(=O)NC1CCC(CNc2ccc(-c3ccc(-c4ccccc4)cc3)cc2)CC1. The van der Waals surface area contributed by atoms with Crippen LogP contribution in [0.15, 0.2) is 78.9 Å². The Hall–Kier alpha value is -2.63. The lowest BCUT2D eigenvalue weighted by Crippen LogP contribution is -2.41. The molecule has 0 heterocycles. The van der Waals surface area contributed by atoms with Gasteiger partial charge in [-0.2, -0.15) is 0 Å². The van der Waals surface area contributed by atoms with Gasteiger partial charge in [-0.1, -0.05) is 66.7 Å². The van der Waals surface area contributed by atoms with Crippen LogP contribution in [-0.2, 0) is 10.0 Å². The molecule has 33 heavy (non-hydrogen) atoms. The van der Waals surface area contributed by atoms with Crippen LogP contribution in [-0.4, -0.2) is 26.3 Å². The highest BCUT2D eigenvalue weighted by Gasteiger charge is 2.26. The van der Waals surface area contributed by atoms with Gasteiger partial charge in [0.25, 0.3) is 0 Å². The van der Waals surface area contributed by atoms with Gasteiger partial charge in [-0.05, 0) is 79.8 Å². The van der Waals surface area contributed by atoms with Crippen LogP contribution in [0.1, 0.15) is 39.5 Å². The van der Waals surface area contributed by atoms with E-state index < -0.39 is 10.0 Å². The maximum atomic E-state index is 12.1. The van der Waals surface area contributed by atoms with E-state index in [4.69, 9.17) is 0 Å². The predicted octanol–water partition coefficient (Wildman–Crippen LogP) is 6.32. The van der Waals surface area contributed by atoms with E-state index in [1.165, 1.54) is 22.3 Å². The van der Waals surface area contributed by atoms with Gasteiger partial charge in [0.2, 0.25) is 10.0 Å². The van der Waals surface area contributed by atoms with Crippen molar-refractivity contribution in [3.8, 4) is 22.3 Å². The van der Waals surface area contributed by atoms with Gasteiger partial charge in [-0.15, -0.1) is 0 Å². The summed E-state index contributed by atoms with van der Waals surface area (Å²) >= 11 is 0. The number of hydrogen-bond donors (Lipinski definition) is 2. The highest BCUT2D eigenvalue weighted by atomic mass is 32.2. The van der Waals surface area contributed by atoms with Gasteiger partial charge in [0.15, 0.2) is 0 Å². The number of sulfonamides is 1. The molecule has 5 heteroatoms. The van der Waals surface area contributed by atoms with Crippen LogP contribution in [0.5, 0.6) is 0 Å². The molecule has 1 fully saturated rings. The summed E-state index contributed by atoms with van der Waals surface area (Å²) in [7, 11) is -3.18. The number of nitrogens with one attached hydrogen (secondary N) is 2. The Morgan fingerprint density at radius 3 is 1.73 bits per heavy atom. The van der Waals surface area contributed by atoms with E-state index in [0.29, 0.717) is 5.92 Å². The van der Waals surface area contributed by atoms with Crippen LogP contribution in [0, 0.1) is 5.92 Å². The number of benzene rings is 3. The molecule has 4 rings (SSSR count). The molecule has 0 unspecified atom stereocenters. The average Bonchev–Trinajstić information content (AvgIpc) is 2.84. The Morgan fingerprint density at radius 2 is 1.21 bits per heavy atom. The van der Waals surface area contributed by atoms with Gasteiger partial charge in [0, 0.05) is 18.3 Å². The third-order valence-electron chi connectivity index (χ3n) is 6.60. The molecule has 1 saturated carbocycles. The molecule has 0 radical (unpaired) electrons. The lowest BCUT2D eigenvalue weighted by Gasteiger charge is -2.29. The smallest absolute Gasteiger partial charge is 0.214 e. The Kier molecular flexibility index (Phi) is 7.51. The topological polar surface area (TPSA) is 58.2 Å². The molecule has 0 saturated heterocycles. The third-order valence-corrected chi connectivity index (χ3v) is 8.51. The Balaban J connectivity index is 1.27. The van der Waals surface area contributed by atoms with Crippen molar-refractivity contribution in [3.63, 3.8) is 0 Å². The maximum Gasteiger partial charge on any atom is 0.214 e. The maximum absolute atomic E-state index is 12.1. The van der Waals surface area contributed by atoms with Crippen molar-refractivity contribution < 1.29 is 8.42 Å². The van der Waals surface area contributed by atoms with Gasteiger partial charge in [0.1, 0.15) is 0 Å². The second kappa shape index (κ2) is 10.5. The number of hydrogen-bond acceptors (Lipinski definition) is 3. The van der Waals surface area contributed by atoms with E-state index in [1.54, 1.807) is 13.8 Å². The number of rotatable bonds is 8. The number of anilines is 1. The first-order valence-electron chi connectivity index (χ1n) is 11.9. The van der Waals surface area contributed by atoms with Crippen molar-refractivity contribution in [1.29, 1.82) is 0 Å². The summed E-state index contributed by atoms with van der Waals surface area (Å²) < 4.78 is 27.0. The Morgan fingerprint density at radius 1 is 0.727 bits per heavy atom. The van der Waals surface area contributed by atoms with Crippen molar-refractivity contribution in [2.24, 2.45) is 5.92 Å². The molecule has 174 valence electrons. The largest absolute Gasteiger partial charge is 0.385 e. The summed E-state index contributed by atoms with van der Waals surface area (Å²) in [6.07, 6.45) is 3.92. The van der Waals surface area contributed by atoms with Crippen molar-refractivity contribution in [3.05, 3.63) is 78.9 Å². The zero-order valence-electron chi connectivity index (χ0n) is 19.5. The molecule has 0 atom stereocenters. The highest BCUT2D eigenvalue weighted by molar-refractivity contribution is 7.90. The van der Waals surface area contributed by atoms with Gasteiger partial charge < -0.3 is 5.32 Å². The summed E-state index contributed by atoms with van der Waals surface area (Å²) in [5, 5.41) is 3.19. The summed E-state index contributed by atoms with van der Waals surface area (Å²) in [4.78, 5) is 0. The van der Waals surface area contributed by atoms with Crippen LogP contribution in [0.4, 0.5) is 5.69 Å². The summed E-state index contributed by atoms with van der Waals surface area (Å²) in [6, 6.07) is 27.8. The van der Waals surface area contributed by atoms with E-state index in [1.807, 2.05) is 6.07 Å². The van der Waals surface area contributed by atoms with Gasteiger partial charge in [-0.3, -0.25) is 0 Å². The second-order valence-corrected chi connectivity index (χ2v) is 11.6. The van der Waals surface area contributed by atoms with Crippen LogP contribution in [0.2, 0.25) is 0 Å². The van der Waals surface area contributed by atoms with Crippen LogP contribution in [0.3, 0.4) is 0 Å². The minimum Gasteiger partial charge on any atom is -0.385 e. The molecular formula is C28H34N2O2S. The molecule has 3 aromatic carbocycles. The minimum atomic E-state index is -3.18. The predicted molar refractivity (Wildman–Crippen MR) is 139 cm³/mol. The van der Waals surface area contributed by atoms with E-state index in [0.717, 1.165) is 37.9 Å². The van der Waals surface area contributed by atoms with Crippen molar-refractivity contribution >= 4 is 15.7 Å². The molecule has 2 N–H and O–H groups in total. The van der Waals surface area contributed by atoms with E-state index >= 15 is 0 Å². The van der Waals surface area contributed by atoms with Gasteiger partial charge in [0.05, 0.1) is 5.25 Å². The lowest BCUT2D eigenvalue weighted by molar-refractivity contribution is 0.323. The fraction of sp³-hybridized carbons (Fsp3) is 0.357. The summed E-state index contributed by atoms with van der Waals surface area (Å²) in [6.45, 7) is 4.38. The van der Waals surface area contributed by atoms with Crippen LogP contribution in [0.25, 0.3) is 22.3 Å². The minimum absolute atomic E-state index is 0.0845. The van der Waals surface area contributed by atoms with E-state index in [2.05, 4.69) is 82.8 Å². The van der Waals surface area contributed by atoms with Gasteiger partial charge >= 0.3 is 0 Å². The highest BCUT2D eigenvalue weighted by Crippen LogP contribution is 2.28. The molecule has 0 aromatic heterocycles. The quantitative estimate of drug-likeness (QED) is 0.412. The fourth-order valence-corrected chi connectivity index (χ4v) is 5.35. The monoisotopic (exact) mass is 462 g/mol. The molecule has 0 bridgehead atoms. The standard InChI is InChI=1S/C28H34N2O2S/c1-21(2)33(31,32)30-28-16-8-22(9-17-28)20-29-27-18-14-26(15-19-27)25-12-10-24(11-13-25)23-6-4-3-5-7-23/h3-7,10-15,18-19,21-22,28-30H,8-9,16-17,20H2,1-2H3. The second-order valence-electron chi connectivity index (χ2n) is 9.33. The Bertz CT molecular complexity index is 1120. The first-order valence-corrected chi connectivity index (χ1v) is 13.5. The lowest BCUT2D eigenvalue weighted by atomic mass is 9.86. The van der Waals surface area contributed by atoms with E-state index in [9.17, 15) is 8.42 Å². The van der Waals surface area contributed by atoms with Gasteiger partial charge in [-0.25, -0.2) is 13.1 Å². The summed E-state index contributed by atoms with van der Waals surface area (Å²) in [5.74, 6) is 0.579. The molecule has 0 aliphatic heterocycles. The molecule has 1 aliphatic carbocycles. The Labute approximate surface area is 198 Å². The zero-order chi connectivity index (χ0) is 23.3. The first-order chi connectivity index (χ1) is 15.9. The molecule has 1 aliphatic rings.